The highest BCUT2D eigenvalue weighted by Gasteiger charge is 2.09. The predicted molar refractivity (Wildman–Crippen MR) is 106 cm³/mol. The van der Waals surface area contributed by atoms with E-state index in [1.807, 2.05) is 55.5 Å². The van der Waals surface area contributed by atoms with Crippen molar-refractivity contribution in [1.82, 2.24) is 9.97 Å². The third-order valence-corrected chi connectivity index (χ3v) is 4.00. The summed E-state index contributed by atoms with van der Waals surface area (Å²) in [6.07, 6.45) is 2.37. The fraction of sp³-hybridized carbons (Fsp3) is 0.190. The van der Waals surface area contributed by atoms with E-state index < -0.39 is 0 Å². The molecule has 3 rings (SSSR count). The van der Waals surface area contributed by atoms with Crippen molar-refractivity contribution in [1.29, 1.82) is 0 Å². The second-order valence-electron chi connectivity index (χ2n) is 6.12. The molecule has 0 aliphatic heterocycles. The van der Waals surface area contributed by atoms with Crippen LogP contribution >= 0.6 is 0 Å². The topological polar surface area (TPSA) is 76.1 Å². The molecule has 3 aromatic rings. The van der Waals surface area contributed by atoms with Gasteiger partial charge in [0.25, 0.3) is 5.91 Å². The Morgan fingerprint density at radius 2 is 1.96 bits per heavy atom. The van der Waals surface area contributed by atoms with Crippen LogP contribution < -0.4 is 15.4 Å². The van der Waals surface area contributed by atoms with Crippen LogP contribution in [0.15, 0.2) is 60.8 Å². The average molecular weight is 362 g/mol. The smallest absolute Gasteiger partial charge is 0.274 e. The number of ether oxygens (including phenoxy) is 1. The standard InChI is InChI=1S/C21H22N4O2/c1-15-5-3-7-17(13-15)24-20(26)19-10-12-23-21(25-19)22-11-9-16-6-4-8-18(14-16)27-2/h3-8,10,12-14H,9,11H2,1-2H3,(H,24,26)(H,22,23,25). The summed E-state index contributed by atoms with van der Waals surface area (Å²) in [5, 5.41) is 6.01. The van der Waals surface area contributed by atoms with Gasteiger partial charge in [0, 0.05) is 18.4 Å². The largest absolute Gasteiger partial charge is 0.497 e. The van der Waals surface area contributed by atoms with E-state index >= 15 is 0 Å². The van der Waals surface area contributed by atoms with Crippen LogP contribution in [0, 0.1) is 6.92 Å². The van der Waals surface area contributed by atoms with Crippen molar-refractivity contribution < 1.29 is 9.53 Å². The van der Waals surface area contributed by atoms with E-state index in [0.717, 1.165) is 29.0 Å². The monoisotopic (exact) mass is 362 g/mol. The Morgan fingerprint density at radius 1 is 1.11 bits per heavy atom. The molecule has 0 bridgehead atoms. The molecule has 1 amide bonds. The third-order valence-electron chi connectivity index (χ3n) is 4.00. The van der Waals surface area contributed by atoms with Crippen LogP contribution in [0.25, 0.3) is 0 Å². The molecule has 2 N–H and O–H groups in total. The van der Waals surface area contributed by atoms with E-state index in [1.54, 1.807) is 19.4 Å². The summed E-state index contributed by atoms with van der Waals surface area (Å²) in [6, 6.07) is 17.1. The number of hydrogen-bond acceptors (Lipinski definition) is 5. The molecule has 0 unspecified atom stereocenters. The number of amides is 1. The van der Waals surface area contributed by atoms with E-state index in [0.29, 0.717) is 18.2 Å². The zero-order chi connectivity index (χ0) is 19.1. The minimum atomic E-state index is -0.265. The first kappa shape index (κ1) is 18.4. The number of hydrogen-bond donors (Lipinski definition) is 2. The minimum absolute atomic E-state index is 0.265. The van der Waals surface area contributed by atoms with Crippen molar-refractivity contribution in [2.24, 2.45) is 0 Å². The van der Waals surface area contributed by atoms with E-state index in [2.05, 4.69) is 20.6 Å². The van der Waals surface area contributed by atoms with Gasteiger partial charge < -0.3 is 15.4 Å². The summed E-state index contributed by atoms with van der Waals surface area (Å²) in [7, 11) is 1.65. The number of methoxy groups -OCH3 is 1. The average Bonchev–Trinajstić information content (AvgIpc) is 2.68. The molecule has 0 saturated heterocycles. The van der Waals surface area contributed by atoms with Gasteiger partial charge in [-0.3, -0.25) is 4.79 Å². The second kappa shape index (κ2) is 8.80. The molecule has 138 valence electrons. The van der Waals surface area contributed by atoms with Crippen LogP contribution in [-0.4, -0.2) is 29.5 Å². The molecule has 0 saturated carbocycles. The van der Waals surface area contributed by atoms with Crippen LogP contribution in [-0.2, 0) is 6.42 Å². The highest BCUT2D eigenvalue weighted by molar-refractivity contribution is 6.03. The highest BCUT2D eigenvalue weighted by Crippen LogP contribution is 2.14. The van der Waals surface area contributed by atoms with Gasteiger partial charge in [-0.15, -0.1) is 0 Å². The second-order valence-corrected chi connectivity index (χ2v) is 6.12. The molecule has 27 heavy (non-hydrogen) atoms. The van der Waals surface area contributed by atoms with Gasteiger partial charge in [0.2, 0.25) is 5.95 Å². The van der Waals surface area contributed by atoms with Gasteiger partial charge >= 0.3 is 0 Å². The van der Waals surface area contributed by atoms with Gasteiger partial charge in [-0.2, -0.15) is 0 Å². The molecule has 0 fully saturated rings. The van der Waals surface area contributed by atoms with Gasteiger partial charge in [0.1, 0.15) is 11.4 Å². The Labute approximate surface area is 158 Å². The van der Waals surface area contributed by atoms with Crippen molar-refractivity contribution >= 4 is 17.5 Å². The molecule has 0 aliphatic rings. The molecule has 2 aromatic carbocycles. The molecular weight excluding hydrogens is 340 g/mol. The number of aromatic nitrogens is 2. The molecule has 0 spiro atoms. The van der Waals surface area contributed by atoms with Gasteiger partial charge in [0.15, 0.2) is 0 Å². The van der Waals surface area contributed by atoms with Gasteiger partial charge in [-0.1, -0.05) is 24.3 Å². The molecule has 0 radical (unpaired) electrons. The SMILES string of the molecule is COc1cccc(CCNc2nccc(C(=O)Nc3cccc(C)c3)n2)c1. The van der Waals surface area contributed by atoms with Crippen LogP contribution in [0.5, 0.6) is 5.75 Å². The summed E-state index contributed by atoms with van der Waals surface area (Å²) in [5.41, 5.74) is 3.28. The molecule has 0 atom stereocenters. The zero-order valence-electron chi connectivity index (χ0n) is 15.4. The Hall–Kier alpha value is -3.41. The van der Waals surface area contributed by atoms with Gasteiger partial charge in [0.05, 0.1) is 7.11 Å². The Kier molecular flexibility index (Phi) is 5.99. The van der Waals surface area contributed by atoms with Crippen molar-refractivity contribution in [3.05, 3.63) is 77.6 Å². The number of aryl methyl sites for hydroxylation is 1. The van der Waals surface area contributed by atoms with Crippen LogP contribution in [0.2, 0.25) is 0 Å². The number of nitrogens with one attached hydrogen (secondary N) is 2. The number of nitrogens with zero attached hydrogens (tertiary/aromatic N) is 2. The van der Waals surface area contributed by atoms with Gasteiger partial charge in [-0.25, -0.2) is 9.97 Å². The molecule has 6 nitrogen and oxygen atoms in total. The maximum absolute atomic E-state index is 12.4. The first-order chi connectivity index (χ1) is 13.1. The van der Waals surface area contributed by atoms with Crippen molar-refractivity contribution in [3.63, 3.8) is 0 Å². The van der Waals surface area contributed by atoms with Crippen molar-refractivity contribution in [3.8, 4) is 5.75 Å². The van der Waals surface area contributed by atoms with Crippen LogP contribution in [0.4, 0.5) is 11.6 Å². The summed E-state index contributed by atoms with van der Waals surface area (Å²) < 4.78 is 5.23. The lowest BCUT2D eigenvalue weighted by atomic mass is 10.1. The van der Waals surface area contributed by atoms with E-state index in [-0.39, 0.29) is 5.91 Å². The number of carbonyl (C=O) groups is 1. The van der Waals surface area contributed by atoms with Gasteiger partial charge in [-0.05, 0) is 54.8 Å². The maximum atomic E-state index is 12.4. The summed E-state index contributed by atoms with van der Waals surface area (Å²) >= 11 is 0. The summed E-state index contributed by atoms with van der Waals surface area (Å²) in [4.78, 5) is 20.9. The van der Waals surface area contributed by atoms with E-state index in [4.69, 9.17) is 4.74 Å². The Morgan fingerprint density at radius 3 is 2.78 bits per heavy atom. The lowest BCUT2D eigenvalue weighted by Crippen LogP contribution is -2.16. The minimum Gasteiger partial charge on any atom is -0.497 e. The van der Waals surface area contributed by atoms with Crippen molar-refractivity contribution in [2.75, 3.05) is 24.3 Å². The Balaban J connectivity index is 1.58. The fourth-order valence-corrected chi connectivity index (χ4v) is 2.63. The molecule has 1 heterocycles. The normalized spacial score (nSPS) is 10.3. The number of rotatable bonds is 7. The highest BCUT2D eigenvalue weighted by atomic mass is 16.5. The molecular formula is C21H22N4O2. The number of anilines is 2. The number of benzene rings is 2. The summed E-state index contributed by atoms with van der Waals surface area (Å²) in [6.45, 7) is 2.63. The fourth-order valence-electron chi connectivity index (χ4n) is 2.63. The van der Waals surface area contributed by atoms with E-state index in [9.17, 15) is 4.79 Å². The quantitative estimate of drug-likeness (QED) is 0.670. The van der Waals surface area contributed by atoms with Crippen molar-refractivity contribution in [2.45, 2.75) is 13.3 Å². The summed E-state index contributed by atoms with van der Waals surface area (Å²) in [5.74, 6) is 0.993. The third kappa shape index (κ3) is 5.28. The maximum Gasteiger partial charge on any atom is 0.274 e. The first-order valence-corrected chi connectivity index (χ1v) is 8.72. The molecule has 6 heteroatoms. The number of carbonyl (C=O) groups excluding carboxylic acids is 1. The van der Waals surface area contributed by atoms with E-state index in [1.165, 1.54) is 0 Å². The zero-order valence-corrected chi connectivity index (χ0v) is 15.4. The molecule has 0 aliphatic carbocycles. The predicted octanol–water partition coefficient (Wildman–Crippen LogP) is 3.70. The lowest BCUT2D eigenvalue weighted by Gasteiger charge is -2.08. The first-order valence-electron chi connectivity index (χ1n) is 8.72. The lowest BCUT2D eigenvalue weighted by molar-refractivity contribution is 0.102. The van der Waals surface area contributed by atoms with Crippen LogP contribution in [0.1, 0.15) is 21.6 Å². The Bertz CT molecular complexity index is 927. The van der Waals surface area contributed by atoms with Crippen LogP contribution in [0.3, 0.4) is 0 Å². The molecule has 1 aromatic heterocycles.